The average Bonchev–Trinajstić information content (AvgIpc) is 2.63. The van der Waals surface area contributed by atoms with Gasteiger partial charge in [0.05, 0.1) is 5.02 Å². The molecule has 2 aromatic carbocycles. The molecule has 3 rings (SSSR count). The second-order valence-corrected chi connectivity index (χ2v) is 8.81. The quantitative estimate of drug-likeness (QED) is 0.772. The Hall–Kier alpha value is -1.11. The highest BCUT2D eigenvalue weighted by Gasteiger charge is 2.30. The van der Waals surface area contributed by atoms with E-state index in [2.05, 4.69) is 17.0 Å². The first-order chi connectivity index (χ1) is 12.0. The van der Waals surface area contributed by atoms with Gasteiger partial charge < -0.3 is 4.90 Å². The van der Waals surface area contributed by atoms with Crippen molar-refractivity contribution in [1.29, 1.82) is 0 Å². The number of rotatable bonds is 5. The summed E-state index contributed by atoms with van der Waals surface area (Å²) in [6.07, 6.45) is 0.966. The van der Waals surface area contributed by atoms with E-state index in [1.807, 2.05) is 18.2 Å². The minimum atomic E-state index is -3.62. The van der Waals surface area contributed by atoms with Gasteiger partial charge in [0.2, 0.25) is 10.0 Å². The standard InChI is InChI=1S/C18H20Cl2N2O2S/c19-16-6-7-17(20)18(14-16)25(23,24)22-12-10-21(11-13-22)9-8-15-4-2-1-3-5-15/h1-7,14H,8-13H2. The van der Waals surface area contributed by atoms with Crippen LogP contribution in [0.2, 0.25) is 10.0 Å². The molecule has 1 aliphatic heterocycles. The maximum absolute atomic E-state index is 12.8. The lowest BCUT2D eigenvalue weighted by molar-refractivity contribution is 0.190. The molecule has 4 nitrogen and oxygen atoms in total. The lowest BCUT2D eigenvalue weighted by atomic mass is 10.1. The van der Waals surface area contributed by atoms with Crippen molar-refractivity contribution in [2.75, 3.05) is 32.7 Å². The lowest BCUT2D eigenvalue weighted by Gasteiger charge is -2.34. The van der Waals surface area contributed by atoms with Gasteiger partial charge >= 0.3 is 0 Å². The Morgan fingerprint density at radius 3 is 2.28 bits per heavy atom. The van der Waals surface area contributed by atoms with E-state index in [1.165, 1.54) is 22.0 Å². The maximum Gasteiger partial charge on any atom is 0.244 e. The van der Waals surface area contributed by atoms with Crippen LogP contribution >= 0.6 is 23.2 Å². The fourth-order valence-corrected chi connectivity index (χ4v) is 5.10. The molecule has 0 aromatic heterocycles. The molecule has 1 saturated heterocycles. The van der Waals surface area contributed by atoms with Gasteiger partial charge in [-0.25, -0.2) is 8.42 Å². The zero-order chi connectivity index (χ0) is 17.9. The molecule has 0 aliphatic carbocycles. The first-order valence-corrected chi connectivity index (χ1v) is 10.4. The van der Waals surface area contributed by atoms with E-state index in [0.29, 0.717) is 31.2 Å². The maximum atomic E-state index is 12.8. The molecule has 0 spiro atoms. The molecule has 0 bridgehead atoms. The van der Waals surface area contributed by atoms with Gasteiger partial charge in [-0.15, -0.1) is 0 Å². The van der Waals surface area contributed by atoms with E-state index < -0.39 is 10.0 Å². The largest absolute Gasteiger partial charge is 0.300 e. The van der Waals surface area contributed by atoms with Crippen LogP contribution < -0.4 is 0 Å². The number of halogens is 2. The van der Waals surface area contributed by atoms with E-state index in [9.17, 15) is 8.42 Å². The van der Waals surface area contributed by atoms with Crippen LogP contribution in [0, 0.1) is 0 Å². The van der Waals surface area contributed by atoms with Crippen LogP contribution in [-0.2, 0) is 16.4 Å². The molecule has 1 aliphatic rings. The Morgan fingerprint density at radius 2 is 1.60 bits per heavy atom. The van der Waals surface area contributed by atoms with Crippen molar-refractivity contribution in [2.24, 2.45) is 0 Å². The normalized spacial score (nSPS) is 16.9. The van der Waals surface area contributed by atoms with E-state index in [0.717, 1.165) is 13.0 Å². The summed E-state index contributed by atoms with van der Waals surface area (Å²) in [6, 6.07) is 14.8. The summed E-state index contributed by atoms with van der Waals surface area (Å²) in [4.78, 5) is 2.37. The predicted octanol–water partition coefficient (Wildman–Crippen LogP) is 3.54. The molecule has 0 radical (unpaired) electrons. The molecule has 25 heavy (non-hydrogen) atoms. The summed E-state index contributed by atoms with van der Waals surface area (Å²) in [7, 11) is -3.62. The molecule has 0 N–H and O–H groups in total. The zero-order valence-corrected chi connectivity index (χ0v) is 16.1. The van der Waals surface area contributed by atoms with Crippen molar-refractivity contribution in [3.8, 4) is 0 Å². The van der Waals surface area contributed by atoms with Gasteiger partial charge in [0.15, 0.2) is 0 Å². The molecular formula is C18H20Cl2N2O2S. The summed E-state index contributed by atoms with van der Waals surface area (Å²) in [5, 5.41) is 0.570. The van der Waals surface area contributed by atoms with E-state index in [4.69, 9.17) is 23.2 Å². The number of hydrogen-bond acceptors (Lipinski definition) is 3. The SMILES string of the molecule is O=S(=O)(c1cc(Cl)ccc1Cl)N1CCN(CCc2ccccc2)CC1. The van der Waals surface area contributed by atoms with Crippen molar-refractivity contribution >= 4 is 33.2 Å². The van der Waals surface area contributed by atoms with Crippen molar-refractivity contribution in [1.82, 2.24) is 9.21 Å². The van der Waals surface area contributed by atoms with Gasteiger partial charge in [-0.3, -0.25) is 0 Å². The van der Waals surface area contributed by atoms with Crippen LogP contribution in [0.15, 0.2) is 53.4 Å². The third-order valence-corrected chi connectivity index (χ3v) is 7.02. The third kappa shape index (κ3) is 4.54. The zero-order valence-electron chi connectivity index (χ0n) is 13.7. The summed E-state index contributed by atoms with van der Waals surface area (Å²) in [6.45, 7) is 3.27. The minimum absolute atomic E-state index is 0.0828. The molecule has 0 saturated carbocycles. The molecule has 0 unspecified atom stereocenters. The minimum Gasteiger partial charge on any atom is -0.300 e. The smallest absolute Gasteiger partial charge is 0.244 e. The van der Waals surface area contributed by atoms with E-state index >= 15 is 0 Å². The Kier molecular flexibility index (Phi) is 6.02. The number of sulfonamides is 1. The second-order valence-electron chi connectivity index (χ2n) is 6.06. The van der Waals surface area contributed by atoms with E-state index in [-0.39, 0.29) is 9.92 Å². The summed E-state index contributed by atoms with van der Waals surface area (Å²) in [5.41, 5.74) is 1.29. The lowest BCUT2D eigenvalue weighted by Crippen LogP contribution is -2.49. The molecular weight excluding hydrogens is 379 g/mol. The molecule has 7 heteroatoms. The first-order valence-electron chi connectivity index (χ1n) is 8.18. The fraction of sp³-hybridized carbons (Fsp3) is 0.333. The average molecular weight is 399 g/mol. The van der Waals surface area contributed by atoms with Gasteiger partial charge in [-0.05, 0) is 30.2 Å². The highest BCUT2D eigenvalue weighted by Crippen LogP contribution is 2.28. The highest BCUT2D eigenvalue weighted by molar-refractivity contribution is 7.89. The summed E-state index contributed by atoms with van der Waals surface area (Å²) < 4.78 is 27.1. The fourth-order valence-electron chi connectivity index (χ4n) is 2.94. The summed E-state index contributed by atoms with van der Waals surface area (Å²) >= 11 is 12.0. The molecule has 0 atom stereocenters. The first kappa shape index (κ1) is 18.7. The van der Waals surface area contributed by atoms with Crippen LogP contribution in [0.25, 0.3) is 0 Å². The van der Waals surface area contributed by atoms with Crippen molar-refractivity contribution in [2.45, 2.75) is 11.3 Å². The number of benzene rings is 2. The molecule has 1 heterocycles. The monoisotopic (exact) mass is 398 g/mol. The van der Waals surface area contributed by atoms with Crippen LogP contribution in [0.3, 0.4) is 0 Å². The van der Waals surface area contributed by atoms with Gasteiger partial charge in [0, 0.05) is 37.7 Å². The topological polar surface area (TPSA) is 40.6 Å². The second kappa shape index (κ2) is 8.06. The Labute approximate surface area is 159 Å². The number of nitrogens with zero attached hydrogens (tertiary/aromatic N) is 2. The van der Waals surface area contributed by atoms with Gasteiger partial charge in [0.1, 0.15) is 4.90 Å². The van der Waals surface area contributed by atoms with Crippen molar-refractivity contribution in [3.05, 3.63) is 64.1 Å². The predicted molar refractivity (Wildman–Crippen MR) is 102 cm³/mol. The van der Waals surface area contributed by atoms with Gasteiger partial charge in [0.25, 0.3) is 0 Å². The number of piperazine rings is 1. The molecule has 134 valence electrons. The highest BCUT2D eigenvalue weighted by atomic mass is 35.5. The van der Waals surface area contributed by atoms with Crippen molar-refractivity contribution in [3.63, 3.8) is 0 Å². The molecule has 2 aromatic rings. The Bertz CT molecular complexity index is 820. The molecule has 0 amide bonds. The van der Waals surface area contributed by atoms with Gasteiger partial charge in [-0.1, -0.05) is 53.5 Å². The van der Waals surface area contributed by atoms with Crippen LogP contribution in [0.5, 0.6) is 0 Å². The van der Waals surface area contributed by atoms with Crippen LogP contribution in [0.1, 0.15) is 5.56 Å². The third-order valence-electron chi connectivity index (χ3n) is 4.40. The Balaban J connectivity index is 1.60. The van der Waals surface area contributed by atoms with Gasteiger partial charge in [-0.2, -0.15) is 4.31 Å². The van der Waals surface area contributed by atoms with Crippen LogP contribution in [-0.4, -0.2) is 50.3 Å². The van der Waals surface area contributed by atoms with Crippen molar-refractivity contribution < 1.29 is 8.42 Å². The molecule has 1 fully saturated rings. The summed E-state index contributed by atoms with van der Waals surface area (Å²) in [5.74, 6) is 0. The van der Waals surface area contributed by atoms with Crippen LogP contribution in [0.4, 0.5) is 0 Å². The Morgan fingerprint density at radius 1 is 0.920 bits per heavy atom. The van der Waals surface area contributed by atoms with E-state index in [1.54, 1.807) is 6.07 Å². The number of hydrogen-bond donors (Lipinski definition) is 0.